The van der Waals surface area contributed by atoms with Crippen LogP contribution in [0.25, 0.3) is 11.1 Å². The quantitative estimate of drug-likeness (QED) is 0.470. The molecule has 0 aromatic heterocycles. The minimum atomic E-state index is 0.625. The topological polar surface area (TPSA) is 32.6 Å². The zero-order chi connectivity index (χ0) is 12.3. The summed E-state index contributed by atoms with van der Waals surface area (Å²) in [6.45, 7) is 3.86. The van der Waals surface area contributed by atoms with Crippen molar-refractivity contribution in [3.63, 3.8) is 0 Å². The summed E-state index contributed by atoms with van der Waals surface area (Å²) in [5.41, 5.74) is 5.18. The van der Waals surface area contributed by atoms with E-state index in [9.17, 15) is 0 Å². The smallest absolute Gasteiger partial charge is 0.0836 e. The molecule has 0 saturated heterocycles. The Bertz CT molecular complexity index is 524. The summed E-state index contributed by atoms with van der Waals surface area (Å²) in [5.74, 6) is 0. The summed E-state index contributed by atoms with van der Waals surface area (Å²) in [6.07, 6.45) is 0. The van der Waals surface area contributed by atoms with Crippen LogP contribution in [0, 0.1) is 6.92 Å². The summed E-state index contributed by atoms with van der Waals surface area (Å²) in [7, 11) is 0. The lowest BCUT2D eigenvalue weighted by molar-refractivity contribution is 0.319. The molecule has 2 aromatic carbocycles. The largest absolute Gasteiger partial charge is 0.411 e. The van der Waals surface area contributed by atoms with Crippen molar-refractivity contribution in [1.29, 1.82) is 0 Å². The fourth-order valence-corrected chi connectivity index (χ4v) is 1.71. The maximum Gasteiger partial charge on any atom is 0.0836 e. The van der Waals surface area contributed by atoms with Crippen LogP contribution >= 0.6 is 0 Å². The molecule has 0 fully saturated rings. The van der Waals surface area contributed by atoms with Crippen LogP contribution in [0.15, 0.2) is 53.7 Å². The average molecular weight is 225 g/mol. The Balaban J connectivity index is 2.32. The van der Waals surface area contributed by atoms with E-state index in [1.165, 1.54) is 16.7 Å². The third-order valence-electron chi connectivity index (χ3n) is 2.84. The van der Waals surface area contributed by atoms with Gasteiger partial charge in [-0.25, -0.2) is 0 Å². The van der Waals surface area contributed by atoms with Gasteiger partial charge in [-0.05, 0) is 30.5 Å². The molecule has 0 aliphatic carbocycles. The first kappa shape index (κ1) is 11.4. The molecule has 17 heavy (non-hydrogen) atoms. The normalized spacial score (nSPS) is 11.5. The van der Waals surface area contributed by atoms with Crippen LogP contribution in [0.5, 0.6) is 0 Å². The number of hydrogen-bond acceptors (Lipinski definition) is 2. The molecule has 0 unspecified atom stereocenters. The van der Waals surface area contributed by atoms with E-state index in [0.29, 0.717) is 5.71 Å². The average Bonchev–Trinajstić information content (AvgIpc) is 2.39. The Kier molecular flexibility index (Phi) is 3.24. The van der Waals surface area contributed by atoms with Gasteiger partial charge >= 0.3 is 0 Å². The molecule has 2 rings (SSSR count). The van der Waals surface area contributed by atoms with Crippen molar-refractivity contribution in [1.82, 2.24) is 0 Å². The molecule has 2 nitrogen and oxygen atoms in total. The van der Waals surface area contributed by atoms with E-state index in [2.05, 4.69) is 36.3 Å². The van der Waals surface area contributed by atoms with E-state index < -0.39 is 0 Å². The monoisotopic (exact) mass is 225 g/mol. The molecule has 2 heteroatoms. The van der Waals surface area contributed by atoms with Crippen molar-refractivity contribution in [2.75, 3.05) is 0 Å². The molecule has 1 N–H and O–H groups in total. The number of benzene rings is 2. The van der Waals surface area contributed by atoms with Crippen molar-refractivity contribution in [3.8, 4) is 11.1 Å². The second-order valence-electron chi connectivity index (χ2n) is 4.13. The van der Waals surface area contributed by atoms with E-state index in [1.807, 2.05) is 24.3 Å². The molecular weight excluding hydrogens is 210 g/mol. The Morgan fingerprint density at radius 2 is 1.35 bits per heavy atom. The van der Waals surface area contributed by atoms with Crippen LogP contribution in [0.2, 0.25) is 0 Å². The van der Waals surface area contributed by atoms with Gasteiger partial charge < -0.3 is 5.21 Å². The summed E-state index contributed by atoms with van der Waals surface area (Å²) in [5, 5.41) is 11.9. The van der Waals surface area contributed by atoms with Crippen LogP contribution < -0.4 is 0 Å². The molecule has 0 radical (unpaired) electrons. The minimum Gasteiger partial charge on any atom is -0.411 e. The number of rotatable bonds is 2. The van der Waals surface area contributed by atoms with Crippen LogP contribution in [0.3, 0.4) is 0 Å². The predicted molar refractivity (Wildman–Crippen MR) is 70.6 cm³/mol. The number of nitrogens with zero attached hydrogens (tertiary/aromatic N) is 1. The highest BCUT2D eigenvalue weighted by molar-refractivity contribution is 5.98. The first-order valence-corrected chi connectivity index (χ1v) is 5.57. The van der Waals surface area contributed by atoms with Crippen molar-refractivity contribution < 1.29 is 5.21 Å². The zero-order valence-corrected chi connectivity index (χ0v) is 10.0. The molecule has 0 heterocycles. The van der Waals surface area contributed by atoms with Gasteiger partial charge in [-0.1, -0.05) is 59.3 Å². The summed E-state index contributed by atoms with van der Waals surface area (Å²) < 4.78 is 0. The van der Waals surface area contributed by atoms with Gasteiger partial charge in [0, 0.05) is 0 Å². The van der Waals surface area contributed by atoms with Crippen molar-refractivity contribution in [2.24, 2.45) is 5.16 Å². The first-order chi connectivity index (χ1) is 8.20. The second kappa shape index (κ2) is 4.83. The van der Waals surface area contributed by atoms with Gasteiger partial charge in [-0.2, -0.15) is 0 Å². The van der Waals surface area contributed by atoms with Crippen molar-refractivity contribution in [2.45, 2.75) is 13.8 Å². The van der Waals surface area contributed by atoms with Crippen LogP contribution in [0.4, 0.5) is 0 Å². The molecule has 86 valence electrons. The molecule has 0 amide bonds. The fourth-order valence-electron chi connectivity index (χ4n) is 1.71. The van der Waals surface area contributed by atoms with E-state index in [1.54, 1.807) is 6.92 Å². The van der Waals surface area contributed by atoms with Crippen molar-refractivity contribution in [3.05, 3.63) is 59.7 Å². The molecule has 0 atom stereocenters. The van der Waals surface area contributed by atoms with Crippen LogP contribution in [-0.4, -0.2) is 10.9 Å². The van der Waals surface area contributed by atoms with Gasteiger partial charge in [0.05, 0.1) is 5.71 Å². The highest BCUT2D eigenvalue weighted by Gasteiger charge is 2.00. The first-order valence-electron chi connectivity index (χ1n) is 5.57. The van der Waals surface area contributed by atoms with E-state index in [4.69, 9.17) is 5.21 Å². The van der Waals surface area contributed by atoms with Gasteiger partial charge in [-0.3, -0.25) is 0 Å². The van der Waals surface area contributed by atoms with Gasteiger partial charge in [0.2, 0.25) is 0 Å². The van der Waals surface area contributed by atoms with Gasteiger partial charge in [-0.15, -0.1) is 0 Å². The highest BCUT2D eigenvalue weighted by atomic mass is 16.4. The molecular formula is C15H15NO. The van der Waals surface area contributed by atoms with Gasteiger partial charge in [0.25, 0.3) is 0 Å². The predicted octanol–water partition coefficient (Wildman–Crippen LogP) is 3.86. The molecule has 0 saturated carbocycles. The molecule has 0 spiro atoms. The molecule has 0 aliphatic heterocycles. The standard InChI is InChI=1S/C15H15NO/c1-11-3-5-14(6-4-11)15-9-7-13(8-10-15)12(2)16-17/h3-10,17H,1-2H3. The minimum absolute atomic E-state index is 0.625. The SMILES string of the molecule is CC(=NO)c1ccc(-c2ccc(C)cc2)cc1. The Morgan fingerprint density at radius 1 is 0.882 bits per heavy atom. The molecule has 0 bridgehead atoms. The number of aryl methyl sites for hydroxylation is 1. The molecule has 0 aliphatic rings. The van der Waals surface area contributed by atoms with Crippen LogP contribution in [0.1, 0.15) is 18.1 Å². The van der Waals surface area contributed by atoms with E-state index in [0.717, 1.165) is 5.56 Å². The fraction of sp³-hybridized carbons (Fsp3) is 0.133. The maximum atomic E-state index is 8.69. The Labute approximate surface area is 101 Å². The summed E-state index contributed by atoms with van der Waals surface area (Å²) >= 11 is 0. The highest BCUT2D eigenvalue weighted by Crippen LogP contribution is 2.20. The van der Waals surface area contributed by atoms with E-state index in [-0.39, 0.29) is 0 Å². The third-order valence-corrected chi connectivity index (χ3v) is 2.84. The lowest BCUT2D eigenvalue weighted by atomic mass is 10.0. The molecule has 2 aromatic rings. The second-order valence-corrected chi connectivity index (χ2v) is 4.13. The van der Waals surface area contributed by atoms with E-state index >= 15 is 0 Å². The van der Waals surface area contributed by atoms with Crippen molar-refractivity contribution >= 4 is 5.71 Å². The number of hydrogen-bond donors (Lipinski definition) is 1. The Hall–Kier alpha value is -2.09. The summed E-state index contributed by atoms with van der Waals surface area (Å²) in [4.78, 5) is 0. The third kappa shape index (κ3) is 2.53. The summed E-state index contributed by atoms with van der Waals surface area (Å²) in [6, 6.07) is 16.4. The van der Waals surface area contributed by atoms with Gasteiger partial charge in [0.15, 0.2) is 0 Å². The zero-order valence-electron chi connectivity index (χ0n) is 10.0. The lowest BCUT2D eigenvalue weighted by Gasteiger charge is -2.04. The lowest BCUT2D eigenvalue weighted by Crippen LogP contribution is -1.93. The number of oxime groups is 1. The maximum absolute atomic E-state index is 8.69. The van der Waals surface area contributed by atoms with Crippen LogP contribution in [-0.2, 0) is 0 Å². The Morgan fingerprint density at radius 3 is 1.82 bits per heavy atom. The van der Waals surface area contributed by atoms with Gasteiger partial charge in [0.1, 0.15) is 0 Å².